The first-order valence-electron chi connectivity index (χ1n) is 9.66. The minimum absolute atomic E-state index is 0.0385. The van der Waals surface area contributed by atoms with Crippen LogP contribution in [-0.2, 0) is 24.2 Å². The quantitative estimate of drug-likeness (QED) is 0.448. The first-order valence-corrected chi connectivity index (χ1v) is 11.5. The monoisotopic (exact) mass is 425 g/mol. The van der Waals surface area contributed by atoms with E-state index < -0.39 is 33.9 Å². The third kappa shape index (κ3) is 7.49. The molecule has 1 saturated heterocycles. The molecule has 0 radical (unpaired) electrons. The summed E-state index contributed by atoms with van der Waals surface area (Å²) in [6, 6.07) is 6.24. The molecule has 1 aromatic carbocycles. The van der Waals surface area contributed by atoms with Gasteiger partial charge in [-0.25, -0.2) is 8.42 Å². The van der Waals surface area contributed by atoms with Gasteiger partial charge < -0.3 is 14.8 Å². The lowest BCUT2D eigenvalue weighted by molar-refractivity contribution is -0.154. The summed E-state index contributed by atoms with van der Waals surface area (Å²) in [5, 5.41) is 2.58. The van der Waals surface area contributed by atoms with Gasteiger partial charge in [0, 0.05) is 18.0 Å². The average Bonchev–Trinajstić information content (AvgIpc) is 3.03. The number of ketones is 1. The van der Waals surface area contributed by atoms with E-state index in [2.05, 4.69) is 5.32 Å². The maximum Gasteiger partial charge on any atom is 0.307 e. The largest absolute Gasteiger partial charge is 0.494 e. The lowest BCUT2D eigenvalue weighted by Crippen LogP contribution is -2.42. The molecule has 0 saturated carbocycles. The molecule has 1 heterocycles. The van der Waals surface area contributed by atoms with Crippen molar-refractivity contribution in [3.63, 3.8) is 0 Å². The molecule has 9 heteroatoms. The number of esters is 1. The van der Waals surface area contributed by atoms with Gasteiger partial charge in [0.05, 0.1) is 24.5 Å². The van der Waals surface area contributed by atoms with Gasteiger partial charge in [0.25, 0.3) is 5.91 Å². The summed E-state index contributed by atoms with van der Waals surface area (Å²) in [6.07, 6.45) is -0.00770. The molecule has 8 nitrogen and oxygen atoms in total. The number of carbonyl (C=O) groups is 3. The van der Waals surface area contributed by atoms with E-state index in [0.29, 0.717) is 24.3 Å². The van der Waals surface area contributed by atoms with Crippen LogP contribution in [0.25, 0.3) is 0 Å². The normalized spacial score (nSPS) is 18.6. The number of sulfone groups is 1. The van der Waals surface area contributed by atoms with Crippen molar-refractivity contribution in [3.8, 4) is 5.75 Å². The summed E-state index contributed by atoms with van der Waals surface area (Å²) < 4.78 is 33.4. The zero-order valence-electron chi connectivity index (χ0n) is 16.7. The van der Waals surface area contributed by atoms with Crippen LogP contribution < -0.4 is 10.1 Å². The number of rotatable bonds is 10. The highest BCUT2D eigenvalue weighted by Gasteiger charge is 2.30. The number of ether oxygens (including phenoxy) is 2. The lowest BCUT2D eigenvalue weighted by Gasteiger charge is -2.16. The molecule has 1 aromatic rings. The van der Waals surface area contributed by atoms with Gasteiger partial charge in [-0.15, -0.1) is 0 Å². The first kappa shape index (κ1) is 22.9. The molecule has 0 aromatic heterocycles. The predicted octanol–water partition coefficient (Wildman–Crippen LogP) is 1.67. The van der Waals surface area contributed by atoms with Gasteiger partial charge in [-0.05, 0) is 44.0 Å². The Labute approximate surface area is 170 Å². The Morgan fingerprint density at radius 1 is 1.17 bits per heavy atom. The SMILES string of the molecule is CCCOc1ccc(C(=O)CCC(=O)O[C@H](C)C(=O)N[C@@H]2CCS(=O)(=O)C2)cc1. The fourth-order valence-electron chi connectivity index (χ4n) is 2.85. The van der Waals surface area contributed by atoms with Crippen molar-refractivity contribution in [2.24, 2.45) is 0 Å². The fourth-order valence-corrected chi connectivity index (χ4v) is 4.53. The molecule has 2 atom stereocenters. The number of Topliss-reactive ketones (excluding diaryl/α,β-unsaturated/α-hetero) is 1. The van der Waals surface area contributed by atoms with Crippen LogP contribution in [0.3, 0.4) is 0 Å². The van der Waals surface area contributed by atoms with E-state index in [-0.39, 0.29) is 30.1 Å². The van der Waals surface area contributed by atoms with Crippen molar-refractivity contribution in [3.05, 3.63) is 29.8 Å². The molecule has 29 heavy (non-hydrogen) atoms. The number of benzene rings is 1. The molecular weight excluding hydrogens is 398 g/mol. The number of nitrogens with one attached hydrogen (secondary N) is 1. The van der Waals surface area contributed by atoms with Gasteiger partial charge in [0.2, 0.25) is 0 Å². The molecule has 0 aliphatic carbocycles. The lowest BCUT2D eigenvalue weighted by atomic mass is 10.1. The van der Waals surface area contributed by atoms with Gasteiger partial charge in [0.1, 0.15) is 5.75 Å². The Bertz CT molecular complexity index is 833. The molecule has 1 aliphatic heterocycles. The molecule has 0 bridgehead atoms. The van der Waals surface area contributed by atoms with Crippen LogP contribution >= 0.6 is 0 Å². The van der Waals surface area contributed by atoms with Crippen LogP contribution in [0, 0.1) is 0 Å². The van der Waals surface area contributed by atoms with Crippen LogP contribution in [0.15, 0.2) is 24.3 Å². The van der Waals surface area contributed by atoms with E-state index in [1.54, 1.807) is 24.3 Å². The molecule has 0 unspecified atom stereocenters. The van der Waals surface area contributed by atoms with Crippen molar-refractivity contribution >= 4 is 27.5 Å². The van der Waals surface area contributed by atoms with E-state index in [1.165, 1.54) is 6.92 Å². The maximum absolute atomic E-state index is 12.2. The van der Waals surface area contributed by atoms with Crippen LogP contribution in [0.4, 0.5) is 0 Å². The second-order valence-electron chi connectivity index (χ2n) is 7.04. The van der Waals surface area contributed by atoms with E-state index in [0.717, 1.165) is 6.42 Å². The summed E-state index contributed by atoms with van der Waals surface area (Å²) in [5.41, 5.74) is 0.467. The summed E-state index contributed by atoms with van der Waals surface area (Å²) >= 11 is 0. The first-order chi connectivity index (χ1) is 13.7. The predicted molar refractivity (Wildman–Crippen MR) is 107 cm³/mol. The number of hydrogen-bond acceptors (Lipinski definition) is 7. The maximum atomic E-state index is 12.2. The molecular formula is C20H27NO7S. The standard InChI is InChI=1S/C20H27NO7S/c1-3-11-27-17-6-4-15(5-7-17)18(22)8-9-19(23)28-14(2)20(24)21-16-10-12-29(25,26)13-16/h4-7,14,16H,3,8-13H2,1-2H3,(H,21,24)/t14-,16-/m1/s1. The third-order valence-corrected chi connectivity index (χ3v) is 6.23. The summed E-state index contributed by atoms with van der Waals surface area (Å²) in [6.45, 7) is 4.01. The van der Waals surface area contributed by atoms with Crippen LogP contribution in [-0.4, -0.2) is 56.3 Å². The Morgan fingerprint density at radius 3 is 2.45 bits per heavy atom. The minimum atomic E-state index is -3.11. The van der Waals surface area contributed by atoms with E-state index in [9.17, 15) is 22.8 Å². The highest BCUT2D eigenvalue weighted by molar-refractivity contribution is 7.91. The molecule has 1 aliphatic rings. The van der Waals surface area contributed by atoms with Crippen LogP contribution in [0.5, 0.6) is 5.75 Å². The topological polar surface area (TPSA) is 116 Å². The van der Waals surface area contributed by atoms with Gasteiger partial charge in [-0.1, -0.05) is 6.92 Å². The summed E-state index contributed by atoms with van der Waals surface area (Å²) in [5.74, 6) is -0.803. The summed E-state index contributed by atoms with van der Waals surface area (Å²) in [4.78, 5) is 36.2. The van der Waals surface area contributed by atoms with Crippen molar-refractivity contribution in [1.82, 2.24) is 5.32 Å². The number of hydrogen-bond donors (Lipinski definition) is 1. The Morgan fingerprint density at radius 2 is 1.86 bits per heavy atom. The average molecular weight is 426 g/mol. The Balaban J connectivity index is 1.74. The molecule has 1 N–H and O–H groups in total. The van der Waals surface area contributed by atoms with E-state index in [1.807, 2.05) is 6.92 Å². The smallest absolute Gasteiger partial charge is 0.307 e. The second kappa shape index (κ2) is 10.4. The highest BCUT2D eigenvalue weighted by Crippen LogP contribution is 2.15. The zero-order valence-corrected chi connectivity index (χ0v) is 17.5. The fraction of sp³-hybridized carbons (Fsp3) is 0.550. The number of carbonyl (C=O) groups excluding carboxylic acids is 3. The van der Waals surface area contributed by atoms with Crippen LogP contribution in [0.2, 0.25) is 0 Å². The van der Waals surface area contributed by atoms with Gasteiger partial charge >= 0.3 is 5.97 Å². The number of amides is 1. The molecule has 0 spiro atoms. The van der Waals surface area contributed by atoms with Crippen molar-refractivity contribution in [1.29, 1.82) is 0 Å². The van der Waals surface area contributed by atoms with Crippen molar-refractivity contribution in [2.45, 2.75) is 51.7 Å². The second-order valence-corrected chi connectivity index (χ2v) is 9.27. The molecule has 1 fully saturated rings. The molecule has 2 rings (SSSR count). The van der Waals surface area contributed by atoms with E-state index in [4.69, 9.17) is 9.47 Å². The van der Waals surface area contributed by atoms with Crippen molar-refractivity contribution < 1.29 is 32.3 Å². The van der Waals surface area contributed by atoms with Crippen LogP contribution in [0.1, 0.15) is 49.9 Å². The van der Waals surface area contributed by atoms with Gasteiger partial charge in [0.15, 0.2) is 21.7 Å². The molecule has 160 valence electrons. The Hall–Kier alpha value is -2.42. The van der Waals surface area contributed by atoms with Crippen molar-refractivity contribution in [2.75, 3.05) is 18.1 Å². The molecule has 1 amide bonds. The minimum Gasteiger partial charge on any atom is -0.494 e. The van der Waals surface area contributed by atoms with Gasteiger partial charge in [-0.3, -0.25) is 14.4 Å². The van der Waals surface area contributed by atoms with Gasteiger partial charge in [-0.2, -0.15) is 0 Å². The third-order valence-electron chi connectivity index (χ3n) is 4.46. The summed E-state index contributed by atoms with van der Waals surface area (Å²) in [7, 11) is -3.11. The van der Waals surface area contributed by atoms with E-state index >= 15 is 0 Å². The highest BCUT2D eigenvalue weighted by atomic mass is 32.2. The zero-order chi connectivity index (χ0) is 21.4. The Kier molecular flexibility index (Phi) is 8.19.